The highest BCUT2D eigenvalue weighted by Gasteiger charge is 2.36. The Hall–Kier alpha value is -2.87. The molecule has 0 aliphatic carbocycles. The molecule has 3 rings (SSSR count). The van der Waals surface area contributed by atoms with E-state index in [1.807, 2.05) is 20.8 Å². The summed E-state index contributed by atoms with van der Waals surface area (Å²) in [6, 6.07) is 9.72. The summed E-state index contributed by atoms with van der Waals surface area (Å²) in [4.78, 5) is 27.8. The third-order valence-corrected chi connectivity index (χ3v) is 5.50. The molecule has 0 bridgehead atoms. The summed E-state index contributed by atoms with van der Waals surface area (Å²) in [5.41, 5.74) is 1.24. The minimum absolute atomic E-state index is 0.178. The molecule has 0 fully saturated rings. The number of carboxylic acids is 2. The fourth-order valence-corrected chi connectivity index (χ4v) is 4.19. The van der Waals surface area contributed by atoms with Crippen LogP contribution in [0, 0.1) is 11.2 Å². The summed E-state index contributed by atoms with van der Waals surface area (Å²) in [5, 5.41) is 19.5. The number of aromatic nitrogens is 2. The SMILES string of the molecule is CC(C)(C)C(C(=O)O)n1c(SCc2cccc(C(=O)O)c2)nc2cc(F)ccc21. The van der Waals surface area contributed by atoms with Crippen LogP contribution in [0.5, 0.6) is 0 Å². The highest BCUT2D eigenvalue weighted by Crippen LogP contribution is 2.38. The maximum atomic E-state index is 13.7. The van der Waals surface area contributed by atoms with Crippen molar-refractivity contribution >= 4 is 34.7 Å². The number of aromatic carboxylic acids is 1. The van der Waals surface area contributed by atoms with Gasteiger partial charge in [0.05, 0.1) is 16.6 Å². The molecule has 0 spiro atoms. The average Bonchev–Trinajstić information content (AvgIpc) is 2.96. The van der Waals surface area contributed by atoms with Gasteiger partial charge < -0.3 is 14.8 Å². The van der Waals surface area contributed by atoms with E-state index in [1.54, 1.807) is 22.8 Å². The van der Waals surface area contributed by atoms with Gasteiger partial charge in [-0.05, 0) is 35.2 Å². The number of halogens is 1. The molecule has 6 nitrogen and oxygen atoms in total. The van der Waals surface area contributed by atoms with Crippen LogP contribution in [-0.2, 0) is 10.5 Å². The minimum Gasteiger partial charge on any atom is -0.480 e. The van der Waals surface area contributed by atoms with Crippen molar-refractivity contribution in [1.29, 1.82) is 0 Å². The number of hydrogen-bond donors (Lipinski definition) is 2. The first-order valence-corrected chi connectivity index (χ1v) is 9.92. The zero-order valence-electron chi connectivity index (χ0n) is 16.2. The zero-order valence-corrected chi connectivity index (χ0v) is 17.0. The van der Waals surface area contributed by atoms with E-state index in [0.29, 0.717) is 21.9 Å². The lowest BCUT2D eigenvalue weighted by molar-refractivity contribution is -0.144. The van der Waals surface area contributed by atoms with Crippen molar-refractivity contribution in [2.24, 2.45) is 5.41 Å². The summed E-state index contributed by atoms with van der Waals surface area (Å²) in [7, 11) is 0. The van der Waals surface area contributed by atoms with Gasteiger partial charge in [-0.1, -0.05) is 44.7 Å². The van der Waals surface area contributed by atoms with Crippen LogP contribution < -0.4 is 0 Å². The summed E-state index contributed by atoms with van der Waals surface area (Å²) < 4.78 is 15.3. The van der Waals surface area contributed by atoms with Gasteiger partial charge in [0.15, 0.2) is 5.16 Å². The van der Waals surface area contributed by atoms with E-state index < -0.39 is 29.2 Å². The van der Waals surface area contributed by atoms with Crippen molar-refractivity contribution in [2.75, 3.05) is 0 Å². The molecule has 1 heterocycles. The number of aliphatic carboxylic acids is 1. The van der Waals surface area contributed by atoms with Crippen molar-refractivity contribution in [3.8, 4) is 0 Å². The van der Waals surface area contributed by atoms with Crippen LogP contribution in [0.1, 0.15) is 42.7 Å². The number of rotatable bonds is 6. The van der Waals surface area contributed by atoms with Crippen molar-refractivity contribution in [2.45, 2.75) is 37.7 Å². The Balaban J connectivity index is 2.06. The van der Waals surface area contributed by atoms with Crippen LogP contribution in [0.3, 0.4) is 0 Å². The first-order chi connectivity index (χ1) is 13.6. The number of carboxylic acid groups (broad SMARTS) is 2. The van der Waals surface area contributed by atoms with E-state index in [9.17, 15) is 19.1 Å². The van der Waals surface area contributed by atoms with E-state index in [2.05, 4.69) is 4.98 Å². The lowest BCUT2D eigenvalue weighted by Gasteiger charge is -2.29. The van der Waals surface area contributed by atoms with Gasteiger partial charge in [-0.3, -0.25) is 0 Å². The molecule has 1 atom stereocenters. The maximum Gasteiger partial charge on any atom is 0.335 e. The van der Waals surface area contributed by atoms with Gasteiger partial charge in [0.2, 0.25) is 0 Å². The van der Waals surface area contributed by atoms with E-state index >= 15 is 0 Å². The molecular weight excluding hydrogens is 395 g/mol. The van der Waals surface area contributed by atoms with Crippen LogP contribution in [0.4, 0.5) is 4.39 Å². The first-order valence-electron chi connectivity index (χ1n) is 8.93. The smallest absolute Gasteiger partial charge is 0.335 e. The van der Waals surface area contributed by atoms with Crippen LogP contribution in [0.2, 0.25) is 0 Å². The summed E-state index contributed by atoms with van der Waals surface area (Å²) in [6.45, 7) is 5.48. The normalized spacial score (nSPS) is 12.8. The topological polar surface area (TPSA) is 92.4 Å². The summed E-state index contributed by atoms with van der Waals surface area (Å²) >= 11 is 1.29. The molecule has 0 aliphatic heterocycles. The standard InChI is InChI=1S/C21H21FN2O4S/c1-21(2,3)17(19(27)28)24-16-8-7-14(22)10-15(16)23-20(24)29-11-12-5-4-6-13(9-12)18(25)26/h4-10,17H,11H2,1-3H3,(H,25,26)(H,27,28). The third kappa shape index (κ3) is 4.42. The predicted molar refractivity (Wildman–Crippen MR) is 109 cm³/mol. The molecule has 0 radical (unpaired) electrons. The Morgan fingerprint density at radius 1 is 1.17 bits per heavy atom. The number of carbonyl (C=O) groups is 2. The number of thioether (sulfide) groups is 1. The van der Waals surface area contributed by atoms with Crippen molar-refractivity contribution in [3.05, 3.63) is 59.4 Å². The van der Waals surface area contributed by atoms with Crippen molar-refractivity contribution in [3.63, 3.8) is 0 Å². The molecule has 152 valence electrons. The van der Waals surface area contributed by atoms with Crippen LogP contribution in [-0.4, -0.2) is 31.7 Å². The van der Waals surface area contributed by atoms with Crippen LogP contribution in [0.25, 0.3) is 11.0 Å². The number of nitrogens with zero attached hydrogens (tertiary/aromatic N) is 2. The lowest BCUT2D eigenvalue weighted by Crippen LogP contribution is -2.32. The van der Waals surface area contributed by atoms with Gasteiger partial charge in [0.1, 0.15) is 11.9 Å². The van der Waals surface area contributed by atoms with E-state index in [-0.39, 0.29) is 5.56 Å². The number of fused-ring (bicyclic) bond motifs is 1. The second-order valence-corrected chi connectivity index (χ2v) is 8.74. The number of benzene rings is 2. The van der Waals surface area contributed by atoms with Gasteiger partial charge in [0.25, 0.3) is 0 Å². The van der Waals surface area contributed by atoms with Gasteiger partial charge in [-0.25, -0.2) is 19.0 Å². The first kappa shape index (κ1) is 20.9. The van der Waals surface area contributed by atoms with Gasteiger partial charge in [-0.2, -0.15) is 0 Å². The average molecular weight is 416 g/mol. The largest absolute Gasteiger partial charge is 0.480 e. The van der Waals surface area contributed by atoms with Crippen LogP contribution >= 0.6 is 11.8 Å². The van der Waals surface area contributed by atoms with Crippen molar-refractivity contribution in [1.82, 2.24) is 9.55 Å². The fourth-order valence-electron chi connectivity index (χ4n) is 3.21. The Bertz CT molecular complexity index is 1090. The van der Waals surface area contributed by atoms with Crippen molar-refractivity contribution < 1.29 is 24.2 Å². The monoisotopic (exact) mass is 416 g/mol. The maximum absolute atomic E-state index is 13.7. The molecule has 0 amide bonds. The zero-order chi connectivity index (χ0) is 21.3. The van der Waals surface area contributed by atoms with Gasteiger partial charge in [0, 0.05) is 11.8 Å². The molecule has 1 unspecified atom stereocenters. The molecule has 2 N–H and O–H groups in total. The summed E-state index contributed by atoms with van der Waals surface area (Å²) in [5.74, 6) is -2.08. The molecule has 0 saturated heterocycles. The van der Waals surface area contributed by atoms with Gasteiger partial charge >= 0.3 is 11.9 Å². The number of imidazole rings is 1. The highest BCUT2D eigenvalue weighted by atomic mass is 32.2. The van der Waals surface area contributed by atoms with Crippen LogP contribution in [0.15, 0.2) is 47.6 Å². The Kier molecular flexibility index (Phi) is 5.66. The lowest BCUT2D eigenvalue weighted by atomic mass is 9.86. The fraction of sp³-hybridized carbons (Fsp3) is 0.286. The second-order valence-electron chi connectivity index (χ2n) is 7.80. The second kappa shape index (κ2) is 7.87. The molecule has 3 aromatic rings. The Morgan fingerprint density at radius 2 is 1.90 bits per heavy atom. The highest BCUT2D eigenvalue weighted by molar-refractivity contribution is 7.98. The molecular formula is C21H21FN2O4S. The molecule has 0 aliphatic rings. The van der Waals surface area contributed by atoms with E-state index in [0.717, 1.165) is 5.56 Å². The molecule has 29 heavy (non-hydrogen) atoms. The van der Waals surface area contributed by atoms with E-state index in [1.165, 1.54) is 36.0 Å². The number of hydrogen-bond acceptors (Lipinski definition) is 4. The quantitative estimate of drug-likeness (QED) is 0.559. The Labute approximate surface area is 171 Å². The van der Waals surface area contributed by atoms with Gasteiger partial charge in [-0.15, -0.1) is 0 Å². The minimum atomic E-state index is -1.02. The molecule has 2 aromatic carbocycles. The Morgan fingerprint density at radius 3 is 2.52 bits per heavy atom. The van der Waals surface area contributed by atoms with E-state index in [4.69, 9.17) is 5.11 Å². The molecule has 1 aromatic heterocycles. The molecule has 0 saturated carbocycles. The summed E-state index contributed by atoms with van der Waals surface area (Å²) in [6.07, 6.45) is 0. The third-order valence-electron chi connectivity index (χ3n) is 4.47. The molecule has 8 heteroatoms. The predicted octanol–water partition coefficient (Wildman–Crippen LogP) is 4.84.